The summed E-state index contributed by atoms with van der Waals surface area (Å²) in [6, 6.07) is 0.499. The lowest BCUT2D eigenvalue weighted by molar-refractivity contribution is 0.430. The van der Waals surface area contributed by atoms with Crippen molar-refractivity contribution in [2.75, 3.05) is 13.1 Å². The van der Waals surface area contributed by atoms with Crippen LogP contribution < -0.4 is 16.4 Å². The first kappa shape index (κ1) is 7.75. The number of hydrogen-bond donors (Lipinski definition) is 3. The molecule has 1 aliphatic heterocycles. The summed E-state index contributed by atoms with van der Waals surface area (Å²) in [4.78, 5) is 0. The molecule has 0 bridgehead atoms. The first-order valence-electron chi connectivity index (χ1n) is 3.56. The largest absolute Gasteiger partial charge is 0.376 e. The fourth-order valence-electron chi connectivity index (χ4n) is 1.17. The summed E-state index contributed by atoms with van der Waals surface area (Å²) in [6.45, 7) is 2.14. The standard InChI is InChI=1S/C6H13N3S/c7-6(10)9-5-1-3-8-4-2-5/h5,8H,1-4H2,(H3,7,9,10). The maximum Gasteiger partial charge on any atom is 0.163 e. The van der Waals surface area contributed by atoms with E-state index in [1.807, 2.05) is 0 Å². The van der Waals surface area contributed by atoms with Crippen molar-refractivity contribution in [3.63, 3.8) is 0 Å². The molecule has 0 unspecified atom stereocenters. The van der Waals surface area contributed by atoms with E-state index < -0.39 is 0 Å². The molecule has 1 rings (SSSR count). The Morgan fingerprint density at radius 1 is 1.50 bits per heavy atom. The Bertz CT molecular complexity index is 120. The number of piperidine rings is 1. The van der Waals surface area contributed by atoms with E-state index in [0.717, 1.165) is 25.9 Å². The third-order valence-corrected chi connectivity index (χ3v) is 1.80. The summed E-state index contributed by atoms with van der Waals surface area (Å²) in [5.41, 5.74) is 5.32. The fraction of sp³-hybridized carbons (Fsp3) is 0.833. The van der Waals surface area contributed by atoms with Gasteiger partial charge in [0.1, 0.15) is 0 Å². The maximum absolute atomic E-state index is 5.32. The topological polar surface area (TPSA) is 50.1 Å². The molecule has 0 spiro atoms. The summed E-state index contributed by atoms with van der Waals surface area (Å²) in [6.07, 6.45) is 2.24. The molecule has 0 aromatic carbocycles. The lowest BCUT2D eigenvalue weighted by Gasteiger charge is -2.23. The summed E-state index contributed by atoms with van der Waals surface area (Å²) in [7, 11) is 0. The van der Waals surface area contributed by atoms with Gasteiger partial charge in [0.05, 0.1) is 0 Å². The number of thiocarbonyl (C=S) groups is 1. The van der Waals surface area contributed by atoms with Crippen molar-refractivity contribution < 1.29 is 0 Å². The van der Waals surface area contributed by atoms with Crippen LogP contribution in [0.2, 0.25) is 0 Å². The van der Waals surface area contributed by atoms with E-state index >= 15 is 0 Å². The van der Waals surface area contributed by atoms with Crippen molar-refractivity contribution in [2.45, 2.75) is 18.9 Å². The van der Waals surface area contributed by atoms with Crippen LogP contribution in [0.25, 0.3) is 0 Å². The van der Waals surface area contributed by atoms with Gasteiger partial charge in [-0.15, -0.1) is 0 Å². The van der Waals surface area contributed by atoms with Crippen molar-refractivity contribution in [1.82, 2.24) is 10.6 Å². The van der Waals surface area contributed by atoms with Gasteiger partial charge >= 0.3 is 0 Å². The Kier molecular flexibility index (Phi) is 2.89. The highest BCUT2D eigenvalue weighted by molar-refractivity contribution is 7.80. The molecule has 4 N–H and O–H groups in total. The van der Waals surface area contributed by atoms with Crippen LogP contribution in [0.4, 0.5) is 0 Å². The molecule has 1 aliphatic rings. The Balaban J connectivity index is 2.19. The lowest BCUT2D eigenvalue weighted by atomic mass is 10.1. The number of nitrogens with one attached hydrogen (secondary N) is 2. The number of rotatable bonds is 1. The molecule has 1 heterocycles. The zero-order valence-corrected chi connectivity index (χ0v) is 6.71. The highest BCUT2D eigenvalue weighted by Crippen LogP contribution is 2.00. The zero-order valence-electron chi connectivity index (χ0n) is 5.89. The quantitative estimate of drug-likeness (QED) is 0.455. The van der Waals surface area contributed by atoms with Crippen molar-refractivity contribution >= 4 is 17.3 Å². The molecule has 0 radical (unpaired) electrons. The van der Waals surface area contributed by atoms with Gasteiger partial charge in [0.25, 0.3) is 0 Å². The predicted octanol–water partition coefficient (Wildman–Crippen LogP) is -0.428. The number of nitrogens with two attached hydrogens (primary N) is 1. The second-order valence-corrected chi connectivity index (χ2v) is 2.97. The molecule has 10 heavy (non-hydrogen) atoms. The minimum absolute atomic E-state index is 0.423. The normalized spacial score (nSPS) is 20.4. The Labute approximate surface area is 66.4 Å². The third-order valence-electron chi connectivity index (χ3n) is 1.69. The highest BCUT2D eigenvalue weighted by atomic mass is 32.1. The SMILES string of the molecule is NC(=S)NC1CCNCC1. The van der Waals surface area contributed by atoms with Gasteiger partial charge in [-0.1, -0.05) is 0 Å². The monoisotopic (exact) mass is 159 g/mol. The average Bonchev–Trinajstić information content (AvgIpc) is 1.88. The summed E-state index contributed by atoms with van der Waals surface area (Å²) < 4.78 is 0. The molecule has 0 aromatic rings. The van der Waals surface area contributed by atoms with Crippen LogP contribution in [0, 0.1) is 0 Å². The molecule has 1 fully saturated rings. The third kappa shape index (κ3) is 2.49. The molecule has 0 saturated carbocycles. The summed E-state index contributed by atoms with van der Waals surface area (Å²) >= 11 is 4.72. The molecule has 0 amide bonds. The van der Waals surface area contributed by atoms with Crippen LogP contribution in [-0.4, -0.2) is 24.2 Å². The fourth-order valence-corrected chi connectivity index (χ4v) is 1.33. The van der Waals surface area contributed by atoms with Crippen LogP contribution in [0.5, 0.6) is 0 Å². The van der Waals surface area contributed by atoms with Crippen LogP contribution in [-0.2, 0) is 0 Å². The van der Waals surface area contributed by atoms with Crippen LogP contribution >= 0.6 is 12.2 Å². The van der Waals surface area contributed by atoms with Crippen LogP contribution in [0.3, 0.4) is 0 Å². The zero-order chi connectivity index (χ0) is 7.40. The van der Waals surface area contributed by atoms with Crippen molar-refractivity contribution in [2.24, 2.45) is 5.73 Å². The highest BCUT2D eigenvalue weighted by Gasteiger charge is 2.11. The van der Waals surface area contributed by atoms with Gasteiger partial charge in [0.2, 0.25) is 0 Å². The predicted molar refractivity (Wildman–Crippen MR) is 45.8 cm³/mol. The molecule has 0 aliphatic carbocycles. The van der Waals surface area contributed by atoms with Gasteiger partial charge in [-0.25, -0.2) is 0 Å². The molecular formula is C6H13N3S. The van der Waals surface area contributed by atoms with E-state index in [9.17, 15) is 0 Å². The first-order chi connectivity index (χ1) is 4.79. The molecule has 0 atom stereocenters. The number of hydrogen-bond acceptors (Lipinski definition) is 2. The lowest BCUT2D eigenvalue weighted by Crippen LogP contribution is -2.44. The molecule has 4 heteroatoms. The van der Waals surface area contributed by atoms with E-state index in [4.69, 9.17) is 18.0 Å². The molecule has 1 saturated heterocycles. The van der Waals surface area contributed by atoms with Crippen molar-refractivity contribution in [3.8, 4) is 0 Å². The second-order valence-electron chi connectivity index (χ2n) is 2.53. The second kappa shape index (κ2) is 3.73. The Morgan fingerprint density at radius 3 is 2.60 bits per heavy atom. The maximum atomic E-state index is 5.32. The minimum atomic E-state index is 0.423. The molecule has 3 nitrogen and oxygen atoms in total. The Morgan fingerprint density at radius 2 is 2.10 bits per heavy atom. The van der Waals surface area contributed by atoms with E-state index in [1.54, 1.807) is 0 Å². The summed E-state index contributed by atoms with van der Waals surface area (Å²) in [5, 5.41) is 6.74. The van der Waals surface area contributed by atoms with Gasteiger partial charge < -0.3 is 16.4 Å². The smallest absolute Gasteiger partial charge is 0.163 e. The first-order valence-corrected chi connectivity index (χ1v) is 3.96. The minimum Gasteiger partial charge on any atom is -0.376 e. The van der Waals surface area contributed by atoms with Gasteiger partial charge in [0, 0.05) is 6.04 Å². The van der Waals surface area contributed by atoms with E-state index in [0.29, 0.717) is 11.2 Å². The van der Waals surface area contributed by atoms with Gasteiger partial charge in [-0.3, -0.25) is 0 Å². The molecular weight excluding hydrogens is 146 g/mol. The molecule has 58 valence electrons. The van der Waals surface area contributed by atoms with Gasteiger partial charge in [-0.05, 0) is 38.1 Å². The van der Waals surface area contributed by atoms with Gasteiger partial charge in [-0.2, -0.15) is 0 Å². The van der Waals surface area contributed by atoms with E-state index in [1.165, 1.54) is 0 Å². The van der Waals surface area contributed by atoms with E-state index in [-0.39, 0.29) is 0 Å². The average molecular weight is 159 g/mol. The van der Waals surface area contributed by atoms with E-state index in [2.05, 4.69) is 10.6 Å². The Hall–Kier alpha value is -0.350. The van der Waals surface area contributed by atoms with Crippen LogP contribution in [0.15, 0.2) is 0 Å². The van der Waals surface area contributed by atoms with Gasteiger partial charge in [0.15, 0.2) is 5.11 Å². The summed E-state index contributed by atoms with van der Waals surface area (Å²) in [5.74, 6) is 0. The molecule has 0 aromatic heterocycles. The van der Waals surface area contributed by atoms with Crippen molar-refractivity contribution in [3.05, 3.63) is 0 Å². The van der Waals surface area contributed by atoms with Crippen molar-refractivity contribution in [1.29, 1.82) is 0 Å². The van der Waals surface area contributed by atoms with Crippen LogP contribution in [0.1, 0.15) is 12.8 Å².